The van der Waals surface area contributed by atoms with Crippen molar-refractivity contribution in [3.05, 3.63) is 28.3 Å². The van der Waals surface area contributed by atoms with Gasteiger partial charge in [-0.3, -0.25) is 4.79 Å². The summed E-state index contributed by atoms with van der Waals surface area (Å²) in [5, 5.41) is 2.84. The number of aryl methyl sites for hydroxylation is 1. The minimum Gasteiger partial charge on any atom is -0.354 e. The molecular weight excluding hydrogens is 265 g/mol. The molecule has 0 radical (unpaired) electrons. The molecule has 1 aromatic heterocycles. The van der Waals surface area contributed by atoms with E-state index in [1.165, 1.54) is 6.07 Å². The van der Waals surface area contributed by atoms with Crippen molar-refractivity contribution in [2.24, 2.45) is 0 Å². The lowest BCUT2D eigenvalue weighted by Crippen LogP contribution is -2.37. The summed E-state index contributed by atoms with van der Waals surface area (Å²) >= 11 is 5.28. The third-order valence-corrected chi connectivity index (χ3v) is 3.86. The van der Waals surface area contributed by atoms with Gasteiger partial charge in [0.05, 0.1) is 11.0 Å². The van der Waals surface area contributed by atoms with Crippen LogP contribution in [0.4, 0.5) is 4.39 Å². The van der Waals surface area contributed by atoms with Crippen LogP contribution in [0.15, 0.2) is 12.1 Å². The van der Waals surface area contributed by atoms with E-state index in [0.717, 1.165) is 18.4 Å². The number of aromatic nitrogens is 2. The topological polar surface area (TPSA) is 49.8 Å². The van der Waals surface area contributed by atoms with E-state index >= 15 is 0 Å². The minimum atomic E-state index is -0.306. The third kappa shape index (κ3) is 1.96. The normalized spacial score (nSPS) is 19.7. The lowest BCUT2D eigenvalue weighted by molar-refractivity contribution is -0.125. The van der Waals surface area contributed by atoms with E-state index in [1.807, 2.05) is 0 Å². The Morgan fingerprint density at radius 1 is 1.47 bits per heavy atom. The van der Waals surface area contributed by atoms with E-state index in [4.69, 9.17) is 12.2 Å². The first-order valence-corrected chi connectivity index (χ1v) is 6.67. The average molecular weight is 279 g/mol. The Hall–Kier alpha value is -1.69. The molecule has 1 atom stereocenters. The second kappa shape index (κ2) is 4.45. The molecule has 1 aliphatic rings. The highest BCUT2D eigenvalue weighted by atomic mass is 32.1. The number of H-pyrrole nitrogens is 1. The summed E-state index contributed by atoms with van der Waals surface area (Å²) in [7, 11) is 0. The fraction of sp³-hybridized carbons (Fsp3) is 0.385. The first-order valence-electron chi connectivity index (χ1n) is 6.26. The lowest BCUT2D eigenvalue weighted by Gasteiger charge is -2.23. The predicted octanol–water partition coefficient (Wildman–Crippen LogP) is 2.60. The maximum atomic E-state index is 13.6. The first kappa shape index (κ1) is 12.3. The summed E-state index contributed by atoms with van der Waals surface area (Å²) in [6.45, 7) is 2.41. The molecule has 1 unspecified atom stereocenters. The molecule has 0 aliphatic carbocycles. The number of carbonyl (C=O) groups excluding carboxylic acids is 1. The predicted molar refractivity (Wildman–Crippen MR) is 73.1 cm³/mol. The summed E-state index contributed by atoms with van der Waals surface area (Å²) in [6, 6.07) is 2.86. The molecule has 1 aromatic carbocycles. The Balaban J connectivity index is 2.22. The molecule has 1 fully saturated rings. The molecule has 0 bridgehead atoms. The van der Waals surface area contributed by atoms with E-state index in [-0.39, 0.29) is 17.8 Å². The SMILES string of the molecule is Cc1cc2c(cc1F)[nH]c(=S)n2C1CCCNC1=O. The Labute approximate surface area is 114 Å². The molecule has 0 saturated carbocycles. The Bertz CT molecular complexity index is 718. The maximum Gasteiger partial charge on any atom is 0.243 e. The highest BCUT2D eigenvalue weighted by Gasteiger charge is 2.26. The molecular formula is C13H14FN3OS. The quantitative estimate of drug-likeness (QED) is 0.788. The standard InChI is InChI=1S/C13H14FN3OS/c1-7-5-11-9(6-8(7)14)16-13(19)17(11)10-3-2-4-15-12(10)18/h5-6,10H,2-4H2,1H3,(H,15,18)(H,16,19). The largest absolute Gasteiger partial charge is 0.354 e. The summed E-state index contributed by atoms with van der Waals surface area (Å²) in [6.07, 6.45) is 1.68. The van der Waals surface area contributed by atoms with E-state index in [1.54, 1.807) is 17.6 Å². The summed E-state index contributed by atoms with van der Waals surface area (Å²) in [4.78, 5) is 14.9. The Morgan fingerprint density at radius 3 is 3.00 bits per heavy atom. The van der Waals surface area contributed by atoms with Gasteiger partial charge >= 0.3 is 0 Å². The molecule has 1 amide bonds. The molecule has 4 nitrogen and oxygen atoms in total. The van der Waals surface area contributed by atoms with Crippen molar-refractivity contribution in [1.29, 1.82) is 0 Å². The van der Waals surface area contributed by atoms with Crippen LogP contribution in [-0.2, 0) is 4.79 Å². The van der Waals surface area contributed by atoms with Gasteiger partial charge in [0.25, 0.3) is 0 Å². The number of piperidine rings is 1. The fourth-order valence-corrected chi connectivity index (χ4v) is 2.90. The van der Waals surface area contributed by atoms with E-state index in [9.17, 15) is 9.18 Å². The number of halogens is 1. The molecule has 2 N–H and O–H groups in total. The molecule has 6 heteroatoms. The maximum absolute atomic E-state index is 13.6. The molecule has 0 spiro atoms. The van der Waals surface area contributed by atoms with Gasteiger partial charge in [0.2, 0.25) is 5.91 Å². The van der Waals surface area contributed by atoms with Crippen molar-refractivity contribution in [3.63, 3.8) is 0 Å². The summed E-state index contributed by atoms with van der Waals surface area (Å²) < 4.78 is 15.8. The fourth-order valence-electron chi connectivity index (χ4n) is 2.56. The van der Waals surface area contributed by atoms with Crippen LogP contribution in [0.1, 0.15) is 24.4 Å². The van der Waals surface area contributed by atoms with Gasteiger partial charge in [0, 0.05) is 6.54 Å². The van der Waals surface area contributed by atoms with Gasteiger partial charge in [-0.2, -0.15) is 0 Å². The van der Waals surface area contributed by atoms with Crippen molar-refractivity contribution >= 4 is 29.2 Å². The number of hydrogen-bond acceptors (Lipinski definition) is 2. The van der Waals surface area contributed by atoms with Crippen LogP contribution in [0.5, 0.6) is 0 Å². The highest BCUT2D eigenvalue weighted by molar-refractivity contribution is 7.71. The average Bonchev–Trinajstić information content (AvgIpc) is 2.66. The zero-order valence-corrected chi connectivity index (χ0v) is 11.3. The molecule has 1 saturated heterocycles. The van der Waals surface area contributed by atoms with Crippen molar-refractivity contribution in [2.45, 2.75) is 25.8 Å². The van der Waals surface area contributed by atoms with Gasteiger partial charge < -0.3 is 14.9 Å². The van der Waals surface area contributed by atoms with Crippen LogP contribution < -0.4 is 5.32 Å². The number of nitrogens with one attached hydrogen (secondary N) is 2. The molecule has 3 rings (SSSR count). The number of hydrogen-bond donors (Lipinski definition) is 2. The second-order valence-corrected chi connectivity index (χ2v) is 5.25. The Morgan fingerprint density at radius 2 is 2.26 bits per heavy atom. The van der Waals surface area contributed by atoms with E-state index < -0.39 is 0 Å². The number of benzene rings is 1. The van der Waals surface area contributed by atoms with Crippen molar-refractivity contribution < 1.29 is 9.18 Å². The van der Waals surface area contributed by atoms with Crippen LogP contribution in [0, 0.1) is 17.5 Å². The Kier molecular flexibility index (Phi) is 2.89. The highest BCUT2D eigenvalue weighted by Crippen LogP contribution is 2.26. The minimum absolute atomic E-state index is 0.0229. The molecule has 1 aliphatic heterocycles. The van der Waals surface area contributed by atoms with Crippen molar-refractivity contribution in [1.82, 2.24) is 14.9 Å². The smallest absolute Gasteiger partial charge is 0.243 e. The summed E-state index contributed by atoms with van der Waals surface area (Å²) in [5.41, 5.74) is 1.96. The number of fused-ring (bicyclic) bond motifs is 1. The molecule has 2 aromatic rings. The molecule has 2 heterocycles. The van der Waals surface area contributed by atoms with E-state index in [2.05, 4.69) is 10.3 Å². The van der Waals surface area contributed by atoms with Crippen LogP contribution in [0.3, 0.4) is 0 Å². The van der Waals surface area contributed by atoms with E-state index in [0.29, 0.717) is 22.4 Å². The number of carbonyl (C=O) groups is 1. The van der Waals surface area contributed by atoms with Gasteiger partial charge in [-0.15, -0.1) is 0 Å². The zero-order valence-electron chi connectivity index (χ0n) is 10.5. The van der Waals surface area contributed by atoms with Crippen LogP contribution in [-0.4, -0.2) is 22.0 Å². The van der Waals surface area contributed by atoms with Gasteiger partial charge in [0.1, 0.15) is 11.9 Å². The third-order valence-electron chi connectivity index (χ3n) is 3.56. The molecule has 19 heavy (non-hydrogen) atoms. The van der Waals surface area contributed by atoms with Crippen molar-refractivity contribution in [2.75, 3.05) is 6.54 Å². The zero-order chi connectivity index (χ0) is 13.6. The lowest BCUT2D eigenvalue weighted by atomic mass is 10.1. The number of rotatable bonds is 1. The monoisotopic (exact) mass is 279 g/mol. The van der Waals surface area contributed by atoms with Gasteiger partial charge in [-0.25, -0.2) is 4.39 Å². The van der Waals surface area contributed by atoms with Gasteiger partial charge in [-0.05, 0) is 49.7 Å². The van der Waals surface area contributed by atoms with Crippen LogP contribution >= 0.6 is 12.2 Å². The number of imidazole rings is 1. The number of amides is 1. The second-order valence-electron chi connectivity index (χ2n) is 4.87. The van der Waals surface area contributed by atoms with Gasteiger partial charge in [-0.1, -0.05) is 0 Å². The summed E-state index contributed by atoms with van der Waals surface area (Å²) in [5.74, 6) is -0.297. The van der Waals surface area contributed by atoms with Crippen LogP contribution in [0.25, 0.3) is 11.0 Å². The van der Waals surface area contributed by atoms with Crippen molar-refractivity contribution in [3.8, 4) is 0 Å². The van der Waals surface area contributed by atoms with Crippen LogP contribution in [0.2, 0.25) is 0 Å². The first-order chi connectivity index (χ1) is 9.08. The van der Waals surface area contributed by atoms with Gasteiger partial charge in [0.15, 0.2) is 4.77 Å². The number of nitrogens with zero attached hydrogens (tertiary/aromatic N) is 1. The molecule has 100 valence electrons. The number of aromatic amines is 1.